The third-order valence-corrected chi connectivity index (χ3v) is 8.44. The van der Waals surface area contributed by atoms with Gasteiger partial charge in [0, 0.05) is 21.0 Å². The molecule has 1 heterocycles. The number of thiol groups is 2. The zero-order valence-electron chi connectivity index (χ0n) is 5.86. The van der Waals surface area contributed by atoms with E-state index in [4.69, 9.17) is 0 Å². The molecule has 0 aromatic carbocycles. The highest BCUT2D eigenvalue weighted by atomic mass is 32.3. The lowest BCUT2D eigenvalue weighted by Gasteiger charge is -2.23. The third kappa shape index (κ3) is 3.38. The lowest BCUT2D eigenvalue weighted by molar-refractivity contribution is 1.38. The molecule has 0 radical (unpaired) electrons. The molecular formula is C5H10S6. The first-order chi connectivity index (χ1) is 5.33. The van der Waals surface area contributed by atoms with Crippen molar-refractivity contribution < 1.29 is 0 Å². The van der Waals surface area contributed by atoms with Crippen molar-refractivity contribution in [2.24, 2.45) is 0 Å². The van der Waals surface area contributed by atoms with Gasteiger partial charge in [0.25, 0.3) is 0 Å². The van der Waals surface area contributed by atoms with E-state index >= 15 is 0 Å². The van der Waals surface area contributed by atoms with Crippen LogP contribution in [0.25, 0.3) is 0 Å². The van der Waals surface area contributed by atoms with Crippen LogP contribution in [-0.2, 0) is 0 Å². The highest BCUT2D eigenvalue weighted by Gasteiger charge is 2.35. The molecule has 0 unspecified atom stereocenters. The van der Waals surface area contributed by atoms with Crippen LogP contribution < -0.4 is 0 Å². The van der Waals surface area contributed by atoms with E-state index in [1.807, 2.05) is 47.0 Å². The summed E-state index contributed by atoms with van der Waals surface area (Å²) >= 11 is 16.4. The minimum atomic E-state index is 0.355. The number of hydrogen-bond acceptors (Lipinski definition) is 6. The van der Waals surface area contributed by atoms with Crippen molar-refractivity contribution >= 4 is 72.3 Å². The van der Waals surface area contributed by atoms with Crippen LogP contribution in [0.15, 0.2) is 0 Å². The molecule has 1 aliphatic rings. The van der Waals surface area contributed by atoms with E-state index in [0.29, 0.717) is 3.41 Å². The minimum absolute atomic E-state index is 0.355. The van der Waals surface area contributed by atoms with Gasteiger partial charge in [-0.1, -0.05) is 0 Å². The van der Waals surface area contributed by atoms with E-state index in [1.165, 1.54) is 10.8 Å². The normalized spacial score (nSPS) is 22.4. The molecule has 1 fully saturated rings. The van der Waals surface area contributed by atoms with Gasteiger partial charge >= 0.3 is 0 Å². The molecule has 11 heavy (non-hydrogen) atoms. The van der Waals surface area contributed by atoms with Gasteiger partial charge in [0.1, 0.15) is 3.41 Å². The Hall–Kier alpha value is 2.10. The second-order valence-electron chi connectivity index (χ2n) is 1.84. The summed E-state index contributed by atoms with van der Waals surface area (Å²) in [5, 5.41) is 3.05. The molecule has 1 aliphatic heterocycles. The fourth-order valence-corrected chi connectivity index (χ4v) is 9.47. The van der Waals surface area contributed by atoms with Gasteiger partial charge in [-0.05, 0) is 0 Å². The molecule has 1 saturated heterocycles. The second kappa shape index (κ2) is 5.75. The van der Waals surface area contributed by atoms with Crippen molar-refractivity contribution in [3.63, 3.8) is 0 Å². The Labute approximate surface area is 96.0 Å². The van der Waals surface area contributed by atoms with E-state index in [1.54, 1.807) is 0 Å². The maximum absolute atomic E-state index is 4.24. The van der Waals surface area contributed by atoms with Gasteiger partial charge in [-0.3, -0.25) is 0 Å². The molecule has 0 bridgehead atoms. The maximum Gasteiger partial charge on any atom is 0.118 e. The van der Waals surface area contributed by atoms with Crippen LogP contribution in [0.4, 0.5) is 0 Å². The summed E-state index contributed by atoms with van der Waals surface area (Å²) in [6.07, 6.45) is 0. The van der Waals surface area contributed by atoms with Crippen LogP contribution >= 0.6 is 72.3 Å². The Morgan fingerprint density at radius 1 is 1.27 bits per heavy atom. The highest BCUT2D eigenvalue weighted by molar-refractivity contribution is 8.41. The first-order valence-electron chi connectivity index (χ1n) is 3.04. The van der Waals surface area contributed by atoms with E-state index in [9.17, 15) is 0 Å². The van der Waals surface area contributed by atoms with Gasteiger partial charge < -0.3 is 0 Å². The molecule has 0 aromatic rings. The zero-order chi connectivity index (χ0) is 8.16. The molecule has 0 nitrogen and oxygen atoms in total. The fourth-order valence-electron chi connectivity index (χ4n) is 0.745. The van der Waals surface area contributed by atoms with E-state index in [-0.39, 0.29) is 0 Å². The molecule has 6 heteroatoms. The Kier molecular flexibility index (Phi) is 5.84. The fraction of sp³-hybridized carbons (Fsp3) is 1.00. The molecule has 66 valence electrons. The number of rotatable bonds is 4. The monoisotopic (exact) mass is 262 g/mol. The van der Waals surface area contributed by atoms with Gasteiger partial charge in [-0.25, -0.2) is 0 Å². The Morgan fingerprint density at radius 3 is 2.27 bits per heavy atom. The van der Waals surface area contributed by atoms with Crippen LogP contribution in [0, 0.1) is 0 Å². The average Bonchev–Trinajstić information content (AvgIpc) is 2.39. The predicted octanol–water partition coefficient (Wildman–Crippen LogP) is 3.32. The standard InChI is InChI=1S/C5H10S6/c6-2-9-5(10-3-7)1-8-4-11-5/h6-7H,1-4H2. The largest absolute Gasteiger partial charge is 0.168 e. The summed E-state index contributed by atoms with van der Waals surface area (Å²) < 4.78 is 0.355. The predicted molar refractivity (Wildman–Crippen MR) is 70.5 cm³/mol. The second-order valence-corrected chi connectivity index (χ2v) is 9.28. The summed E-state index contributed by atoms with van der Waals surface area (Å²) in [5.41, 5.74) is 0. The van der Waals surface area contributed by atoms with Crippen LogP contribution in [0.5, 0.6) is 0 Å². The quantitative estimate of drug-likeness (QED) is 0.589. The third-order valence-electron chi connectivity index (χ3n) is 1.21. The highest BCUT2D eigenvalue weighted by Crippen LogP contribution is 2.55. The van der Waals surface area contributed by atoms with Gasteiger partial charge in [0.15, 0.2) is 0 Å². The molecule has 0 aliphatic carbocycles. The summed E-state index contributed by atoms with van der Waals surface area (Å²) in [6, 6.07) is 0. The van der Waals surface area contributed by atoms with Crippen LogP contribution in [-0.4, -0.2) is 24.4 Å². The average molecular weight is 263 g/mol. The molecule has 1 rings (SSSR count). The Balaban J connectivity index is 2.40. The lowest BCUT2D eigenvalue weighted by Crippen LogP contribution is -2.14. The van der Waals surface area contributed by atoms with Crippen molar-refractivity contribution in [1.29, 1.82) is 0 Å². The number of thioether (sulfide) groups is 4. The number of hydrogen-bond donors (Lipinski definition) is 2. The van der Waals surface area contributed by atoms with Crippen molar-refractivity contribution in [1.82, 2.24) is 0 Å². The van der Waals surface area contributed by atoms with Crippen molar-refractivity contribution in [2.75, 3.05) is 21.0 Å². The van der Waals surface area contributed by atoms with Crippen LogP contribution in [0.1, 0.15) is 0 Å². The van der Waals surface area contributed by atoms with Gasteiger partial charge in [0.05, 0.1) is 0 Å². The summed E-state index contributed by atoms with van der Waals surface area (Å²) in [7, 11) is 0. The van der Waals surface area contributed by atoms with Gasteiger partial charge in [-0.15, -0.1) is 47.0 Å². The minimum Gasteiger partial charge on any atom is -0.168 e. The van der Waals surface area contributed by atoms with Crippen LogP contribution in [0.3, 0.4) is 0 Å². The first kappa shape index (κ1) is 11.2. The SMILES string of the molecule is SCSC1(SCS)CSCS1. The van der Waals surface area contributed by atoms with E-state index in [2.05, 4.69) is 25.3 Å². The lowest BCUT2D eigenvalue weighted by atomic mass is 10.9. The van der Waals surface area contributed by atoms with Gasteiger partial charge in [-0.2, -0.15) is 25.3 Å². The van der Waals surface area contributed by atoms with Crippen molar-refractivity contribution in [3.05, 3.63) is 0 Å². The zero-order valence-corrected chi connectivity index (χ0v) is 10.9. The Morgan fingerprint density at radius 2 is 1.91 bits per heavy atom. The van der Waals surface area contributed by atoms with Gasteiger partial charge in [0.2, 0.25) is 0 Å². The molecule has 0 spiro atoms. The summed E-state index contributed by atoms with van der Waals surface area (Å²) in [5.74, 6) is 1.23. The van der Waals surface area contributed by atoms with E-state index < -0.39 is 0 Å². The van der Waals surface area contributed by atoms with E-state index in [0.717, 1.165) is 10.2 Å². The smallest absolute Gasteiger partial charge is 0.118 e. The first-order valence-corrected chi connectivity index (χ1v) is 8.42. The Bertz CT molecular complexity index is 102. The summed E-state index contributed by atoms with van der Waals surface area (Å²) in [4.78, 5) is 0. The molecule has 0 aromatic heterocycles. The van der Waals surface area contributed by atoms with Crippen molar-refractivity contribution in [2.45, 2.75) is 3.41 Å². The maximum atomic E-state index is 4.24. The molecule has 0 saturated carbocycles. The molecule has 0 amide bonds. The summed E-state index contributed by atoms with van der Waals surface area (Å²) in [6.45, 7) is 0. The molecular weight excluding hydrogens is 252 g/mol. The molecule has 0 atom stereocenters. The van der Waals surface area contributed by atoms with Crippen LogP contribution in [0.2, 0.25) is 0 Å². The van der Waals surface area contributed by atoms with Crippen molar-refractivity contribution in [3.8, 4) is 0 Å². The molecule has 0 N–H and O–H groups in total. The topological polar surface area (TPSA) is 0 Å².